The Morgan fingerprint density at radius 3 is 2.72 bits per heavy atom. The normalized spacial score (nSPS) is 10.4. The number of rotatable bonds is 7. The van der Waals surface area contributed by atoms with Crippen LogP contribution in [0.15, 0.2) is 18.2 Å². The molecule has 0 aliphatic rings. The Labute approximate surface area is 111 Å². The first kappa shape index (κ1) is 14.7. The molecule has 0 atom stereocenters. The van der Waals surface area contributed by atoms with E-state index in [1.54, 1.807) is 13.1 Å². The maximum absolute atomic E-state index is 10.9. The zero-order valence-electron chi connectivity index (χ0n) is 10.3. The second-order valence-electron chi connectivity index (χ2n) is 4.10. The zero-order valence-corrected chi connectivity index (χ0v) is 11.1. The van der Waals surface area contributed by atoms with Crippen LogP contribution in [0.5, 0.6) is 0 Å². The van der Waals surface area contributed by atoms with E-state index in [4.69, 9.17) is 16.7 Å². The van der Waals surface area contributed by atoms with E-state index in [1.165, 1.54) is 12.1 Å². The van der Waals surface area contributed by atoms with Gasteiger partial charge in [0, 0.05) is 31.3 Å². The Morgan fingerprint density at radius 1 is 1.39 bits per heavy atom. The lowest BCUT2D eigenvalue weighted by Crippen LogP contribution is -2.19. The minimum Gasteiger partial charge on any atom is -0.396 e. The number of benzene rings is 1. The molecular weight excluding hydrogens is 256 g/mol. The van der Waals surface area contributed by atoms with Crippen LogP contribution in [0.25, 0.3) is 0 Å². The van der Waals surface area contributed by atoms with Gasteiger partial charge in [0.2, 0.25) is 0 Å². The molecule has 1 aromatic carbocycles. The molecular formula is C12H17ClN2O3. The summed E-state index contributed by atoms with van der Waals surface area (Å²) in [5, 5.41) is 20.1. The predicted molar refractivity (Wildman–Crippen MR) is 72.3 cm³/mol. The average Bonchev–Trinajstić information content (AvgIpc) is 2.34. The van der Waals surface area contributed by atoms with Gasteiger partial charge in [0.1, 0.15) is 5.69 Å². The molecule has 1 rings (SSSR count). The maximum Gasteiger partial charge on any atom is 0.292 e. The van der Waals surface area contributed by atoms with Gasteiger partial charge in [-0.15, -0.1) is 0 Å². The molecule has 0 saturated carbocycles. The van der Waals surface area contributed by atoms with Crippen LogP contribution in [0, 0.1) is 10.1 Å². The Hall–Kier alpha value is -1.33. The van der Waals surface area contributed by atoms with Crippen LogP contribution < -0.4 is 4.90 Å². The number of hydrogen-bond donors (Lipinski definition) is 1. The number of hydrogen-bond acceptors (Lipinski definition) is 4. The van der Waals surface area contributed by atoms with Gasteiger partial charge in [-0.3, -0.25) is 10.1 Å². The fourth-order valence-corrected chi connectivity index (χ4v) is 1.88. The highest BCUT2D eigenvalue weighted by Crippen LogP contribution is 2.30. The molecule has 1 aromatic rings. The third-order valence-corrected chi connectivity index (χ3v) is 2.93. The monoisotopic (exact) mass is 272 g/mol. The smallest absolute Gasteiger partial charge is 0.292 e. The van der Waals surface area contributed by atoms with Crippen LogP contribution in [-0.2, 0) is 0 Å². The molecule has 100 valence electrons. The van der Waals surface area contributed by atoms with E-state index < -0.39 is 4.92 Å². The molecule has 0 saturated heterocycles. The lowest BCUT2D eigenvalue weighted by atomic mass is 10.2. The minimum atomic E-state index is -0.407. The summed E-state index contributed by atoms with van der Waals surface area (Å²) in [5.41, 5.74) is 0.584. The van der Waals surface area contributed by atoms with Crippen molar-refractivity contribution in [3.05, 3.63) is 33.3 Å². The van der Waals surface area contributed by atoms with Crippen molar-refractivity contribution >= 4 is 23.0 Å². The van der Waals surface area contributed by atoms with Gasteiger partial charge < -0.3 is 10.0 Å². The molecule has 0 aromatic heterocycles. The maximum atomic E-state index is 10.9. The topological polar surface area (TPSA) is 66.6 Å². The van der Waals surface area contributed by atoms with Gasteiger partial charge in [0.05, 0.1) is 4.92 Å². The first-order valence-electron chi connectivity index (χ1n) is 5.82. The number of nitro benzene ring substituents is 1. The van der Waals surface area contributed by atoms with Crippen LogP contribution in [0.1, 0.15) is 19.3 Å². The highest BCUT2D eigenvalue weighted by molar-refractivity contribution is 6.31. The number of nitrogens with zero attached hydrogens (tertiary/aromatic N) is 2. The minimum absolute atomic E-state index is 0.0593. The molecule has 0 fully saturated rings. The highest BCUT2D eigenvalue weighted by Gasteiger charge is 2.16. The van der Waals surface area contributed by atoms with Gasteiger partial charge in [0.15, 0.2) is 0 Å². The SMILES string of the molecule is CN(CCCCCO)c1cc(Cl)ccc1[N+](=O)[O-]. The summed E-state index contributed by atoms with van der Waals surface area (Å²) in [6.07, 6.45) is 2.53. The summed E-state index contributed by atoms with van der Waals surface area (Å²) in [5.74, 6) is 0. The van der Waals surface area contributed by atoms with E-state index in [9.17, 15) is 10.1 Å². The molecule has 18 heavy (non-hydrogen) atoms. The number of aliphatic hydroxyl groups is 1. The van der Waals surface area contributed by atoms with Crippen molar-refractivity contribution in [3.63, 3.8) is 0 Å². The van der Waals surface area contributed by atoms with Gasteiger partial charge in [-0.05, 0) is 31.4 Å². The molecule has 0 aliphatic carbocycles. The molecule has 6 heteroatoms. The largest absolute Gasteiger partial charge is 0.396 e. The summed E-state index contributed by atoms with van der Waals surface area (Å²) >= 11 is 5.87. The molecule has 0 unspecified atom stereocenters. The molecule has 0 radical (unpaired) electrons. The molecule has 0 spiro atoms. The van der Waals surface area contributed by atoms with E-state index in [2.05, 4.69) is 0 Å². The molecule has 0 amide bonds. The molecule has 0 heterocycles. The number of aliphatic hydroxyl groups excluding tert-OH is 1. The quantitative estimate of drug-likeness (QED) is 0.471. The lowest BCUT2D eigenvalue weighted by molar-refractivity contribution is -0.384. The third kappa shape index (κ3) is 4.16. The van der Waals surface area contributed by atoms with Gasteiger partial charge in [-0.1, -0.05) is 11.6 Å². The third-order valence-electron chi connectivity index (χ3n) is 2.70. The molecule has 1 N–H and O–H groups in total. The first-order chi connectivity index (χ1) is 8.56. The standard InChI is InChI=1S/C12H17ClN2O3/c1-14(7-3-2-4-8-16)12-9-10(13)5-6-11(12)15(17)18/h5-6,9,16H,2-4,7-8H2,1H3. The van der Waals surface area contributed by atoms with Gasteiger partial charge >= 0.3 is 0 Å². The average molecular weight is 273 g/mol. The van der Waals surface area contributed by atoms with Crippen molar-refractivity contribution in [1.29, 1.82) is 0 Å². The van der Waals surface area contributed by atoms with E-state index >= 15 is 0 Å². The fourth-order valence-electron chi connectivity index (χ4n) is 1.71. The molecule has 0 aliphatic heterocycles. The number of anilines is 1. The van der Waals surface area contributed by atoms with Gasteiger partial charge in [-0.25, -0.2) is 0 Å². The summed E-state index contributed by atoms with van der Waals surface area (Å²) in [6.45, 7) is 0.877. The van der Waals surface area contributed by atoms with Gasteiger partial charge in [-0.2, -0.15) is 0 Å². The zero-order chi connectivity index (χ0) is 13.5. The van der Waals surface area contributed by atoms with E-state index in [1.807, 2.05) is 4.90 Å². The Balaban J connectivity index is 2.74. The number of nitro groups is 1. The lowest BCUT2D eigenvalue weighted by Gasteiger charge is -2.19. The van der Waals surface area contributed by atoms with Crippen molar-refractivity contribution in [2.75, 3.05) is 25.1 Å². The molecule has 5 nitrogen and oxygen atoms in total. The van der Waals surface area contributed by atoms with Crippen molar-refractivity contribution in [2.45, 2.75) is 19.3 Å². The Bertz CT molecular complexity index is 412. The summed E-state index contributed by atoms with van der Waals surface area (Å²) in [7, 11) is 1.80. The first-order valence-corrected chi connectivity index (χ1v) is 6.20. The Kier molecular flexibility index (Phi) is 5.88. The van der Waals surface area contributed by atoms with E-state index in [0.29, 0.717) is 17.3 Å². The van der Waals surface area contributed by atoms with Crippen LogP contribution in [0.2, 0.25) is 5.02 Å². The van der Waals surface area contributed by atoms with Crippen LogP contribution >= 0.6 is 11.6 Å². The van der Waals surface area contributed by atoms with Crippen LogP contribution in [0.3, 0.4) is 0 Å². The second-order valence-corrected chi connectivity index (χ2v) is 4.53. The second kappa shape index (κ2) is 7.18. The van der Waals surface area contributed by atoms with Crippen LogP contribution in [-0.4, -0.2) is 30.2 Å². The molecule has 0 bridgehead atoms. The highest BCUT2D eigenvalue weighted by atomic mass is 35.5. The number of halogens is 1. The number of unbranched alkanes of at least 4 members (excludes halogenated alkanes) is 2. The van der Waals surface area contributed by atoms with Crippen molar-refractivity contribution < 1.29 is 10.0 Å². The van der Waals surface area contributed by atoms with E-state index in [0.717, 1.165) is 19.3 Å². The van der Waals surface area contributed by atoms with Crippen molar-refractivity contribution in [3.8, 4) is 0 Å². The summed E-state index contributed by atoms with van der Waals surface area (Å²) < 4.78 is 0. The van der Waals surface area contributed by atoms with Crippen LogP contribution in [0.4, 0.5) is 11.4 Å². The van der Waals surface area contributed by atoms with E-state index in [-0.39, 0.29) is 12.3 Å². The summed E-state index contributed by atoms with van der Waals surface area (Å²) in [4.78, 5) is 12.3. The van der Waals surface area contributed by atoms with Gasteiger partial charge in [0.25, 0.3) is 5.69 Å². The summed E-state index contributed by atoms with van der Waals surface area (Å²) in [6, 6.07) is 4.54. The Morgan fingerprint density at radius 2 is 2.11 bits per heavy atom. The van der Waals surface area contributed by atoms with Crippen molar-refractivity contribution in [1.82, 2.24) is 0 Å². The predicted octanol–water partition coefficient (Wildman–Crippen LogP) is 2.85. The fraction of sp³-hybridized carbons (Fsp3) is 0.500. The van der Waals surface area contributed by atoms with Crippen molar-refractivity contribution in [2.24, 2.45) is 0 Å².